The second kappa shape index (κ2) is 4.23. The minimum absolute atomic E-state index is 0.688. The van der Waals surface area contributed by atoms with E-state index in [1.54, 1.807) is 6.20 Å². The van der Waals surface area contributed by atoms with Gasteiger partial charge in [-0.2, -0.15) is 0 Å². The molecule has 0 spiro atoms. The van der Waals surface area contributed by atoms with Crippen LogP contribution in [-0.4, -0.2) is 12.0 Å². The Balaban J connectivity index is 2.44. The lowest BCUT2D eigenvalue weighted by Gasteiger charge is -2.21. The van der Waals surface area contributed by atoms with Gasteiger partial charge in [-0.1, -0.05) is 18.2 Å². The summed E-state index contributed by atoms with van der Waals surface area (Å²) in [7, 11) is 1.97. The van der Waals surface area contributed by atoms with E-state index in [4.69, 9.17) is 5.73 Å². The number of benzene rings is 1. The quantitative estimate of drug-likeness (QED) is 0.834. The van der Waals surface area contributed by atoms with Gasteiger partial charge in [0, 0.05) is 18.9 Å². The van der Waals surface area contributed by atoms with Crippen molar-refractivity contribution >= 4 is 17.2 Å². The summed E-state index contributed by atoms with van der Waals surface area (Å²) >= 11 is 0. The first kappa shape index (κ1) is 10.5. The Kier molecular flexibility index (Phi) is 2.77. The van der Waals surface area contributed by atoms with E-state index in [2.05, 4.69) is 24.0 Å². The number of para-hydroxylation sites is 1. The number of aryl methyl sites for hydroxylation is 1. The lowest BCUT2D eigenvalue weighted by Crippen LogP contribution is -2.14. The van der Waals surface area contributed by atoms with E-state index in [9.17, 15) is 0 Å². The van der Waals surface area contributed by atoms with E-state index in [-0.39, 0.29) is 0 Å². The summed E-state index contributed by atoms with van der Waals surface area (Å²) in [6.07, 6.45) is 1.75. The smallest absolute Gasteiger partial charge is 0.155 e. The van der Waals surface area contributed by atoms with Crippen LogP contribution < -0.4 is 10.6 Å². The molecule has 0 saturated heterocycles. The van der Waals surface area contributed by atoms with Crippen molar-refractivity contribution in [1.29, 1.82) is 0 Å². The largest absolute Gasteiger partial charge is 0.396 e. The number of rotatable bonds is 2. The zero-order chi connectivity index (χ0) is 11.5. The number of anilines is 3. The lowest BCUT2D eigenvalue weighted by molar-refractivity contribution is 1.12. The predicted octanol–water partition coefficient (Wildman–Crippen LogP) is 2.74. The van der Waals surface area contributed by atoms with Crippen LogP contribution in [0.25, 0.3) is 0 Å². The number of nitrogens with zero attached hydrogens (tertiary/aromatic N) is 2. The van der Waals surface area contributed by atoms with Gasteiger partial charge in [0.2, 0.25) is 0 Å². The second-order valence-electron chi connectivity index (χ2n) is 3.76. The summed E-state index contributed by atoms with van der Waals surface area (Å²) in [5.41, 5.74) is 8.92. The molecular formula is C13H15N3. The van der Waals surface area contributed by atoms with Crippen LogP contribution in [0, 0.1) is 6.92 Å². The Hall–Kier alpha value is -2.03. The highest BCUT2D eigenvalue weighted by Gasteiger charge is 2.09. The molecule has 0 bridgehead atoms. The normalized spacial score (nSPS) is 10.1. The minimum atomic E-state index is 0.688. The van der Waals surface area contributed by atoms with Crippen molar-refractivity contribution in [3.05, 3.63) is 48.2 Å². The van der Waals surface area contributed by atoms with Crippen molar-refractivity contribution in [1.82, 2.24) is 4.98 Å². The maximum absolute atomic E-state index is 5.90. The van der Waals surface area contributed by atoms with Gasteiger partial charge >= 0.3 is 0 Å². The third-order valence-electron chi connectivity index (χ3n) is 2.61. The summed E-state index contributed by atoms with van der Waals surface area (Å²) in [6, 6.07) is 11.9. The fourth-order valence-corrected chi connectivity index (χ4v) is 1.74. The van der Waals surface area contributed by atoms with Gasteiger partial charge in [-0.3, -0.25) is 0 Å². The summed E-state index contributed by atoms with van der Waals surface area (Å²) in [5, 5.41) is 0. The predicted molar refractivity (Wildman–Crippen MR) is 67.9 cm³/mol. The topological polar surface area (TPSA) is 42.2 Å². The maximum atomic E-state index is 5.90. The zero-order valence-corrected chi connectivity index (χ0v) is 9.51. The van der Waals surface area contributed by atoms with E-state index >= 15 is 0 Å². The Morgan fingerprint density at radius 3 is 2.56 bits per heavy atom. The van der Waals surface area contributed by atoms with E-state index in [1.165, 1.54) is 5.56 Å². The van der Waals surface area contributed by atoms with Crippen molar-refractivity contribution in [2.45, 2.75) is 6.92 Å². The monoisotopic (exact) mass is 213 g/mol. The summed E-state index contributed by atoms with van der Waals surface area (Å²) < 4.78 is 0. The van der Waals surface area contributed by atoms with Crippen LogP contribution in [0.4, 0.5) is 17.2 Å². The fourth-order valence-electron chi connectivity index (χ4n) is 1.74. The number of nitrogens with two attached hydrogens (primary N) is 1. The first-order chi connectivity index (χ1) is 7.70. The molecule has 0 unspecified atom stereocenters. The number of hydrogen-bond donors (Lipinski definition) is 1. The van der Waals surface area contributed by atoms with Crippen molar-refractivity contribution in [3.8, 4) is 0 Å². The Morgan fingerprint density at radius 2 is 1.88 bits per heavy atom. The van der Waals surface area contributed by atoms with Gasteiger partial charge in [0.15, 0.2) is 5.82 Å². The first-order valence-corrected chi connectivity index (χ1v) is 5.20. The number of aromatic nitrogens is 1. The zero-order valence-electron chi connectivity index (χ0n) is 9.51. The summed E-state index contributed by atoms with van der Waals surface area (Å²) in [4.78, 5) is 6.30. The molecule has 1 aromatic heterocycles. The summed E-state index contributed by atoms with van der Waals surface area (Å²) in [6.45, 7) is 2.07. The van der Waals surface area contributed by atoms with Crippen molar-refractivity contribution in [2.24, 2.45) is 0 Å². The average Bonchev–Trinajstić information content (AvgIpc) is 2.29. The van der Waals surface area contributed by atoms with Crippen LogP contribution in [0.3, 0.4) is 0 Å². The van der Waals surface area contributed by atoms with Crippen LogP contribution in [0.2, 0.25) is 0 Å². The van der Waals surface area contributed by atoms with Gasteiger partial charge in [0.05, 0.1) is 5.69 Å². The molecule has 0 aliphatic heterocycles. The molecule has 0 atom stereocenters. The molecule has 0 fully saturated rings. The summed E-state index contributed by atoms with van der Waals surface area (Å²) in [5.74, 6) is 0.789. The molecule has 1 heterocycles. The Labute approximate surface area is 95.5 Å². The highest BCUT2D eigenvalue weighted by molar-refractivity contribution is 5.71. The van der Waals surface area contributed by atoms with Crippen LogP contribution in [0.15, 0.2) is 42.6 Å². The number of pyridine rings is 1. The van der Waals surface area contributed by atoms with Gasteiger partial charge in [0.25, 0.3) is 0 Å². The van der Waals surface area contributed by atoms with Crippen LogP contribution in [0.5, 0.6) is 0 Å². The van der Waals surface area contributed by atoms with Gasteiger partial charge in [-0.05, 0) is 30.7 Å². The average molecular weight is 213 g/mol. The van der Waals surface area contributed by atoms with Crippen molar-refractivity contribution in [3.63, 3.8) is 0 Å². The standard InChI is InChI=1S/C13H15N3/c1-10-6-3-4-8-12(10)16(2)13-11(14)7-5-9-15-13/h3-9H,14H2,1-2H3. The van der Waals surface area contributed by atoms with Crippen molar-refractivity contribution in [2.75, 3.05) is 17.7 Å². The molecule has 3 nitrogen and oxygen atoms in total. The molecule has 0 radical (unpaired) electrons. The Bertz CT molecular complexity index is 449. The molecule has 0 saturated carbocycles. The van der Waals surface area contributed by atoms with Crippen LogP contribution in [-0.2, 0) is 0 Å². The second-order valence-corrected chi connectivity index (χ2v) is 3.76. The van der Waals surface area contributed by atoms with E-state index in [0.717, 1.165) is 11.5 Å². The molecule has 2 N–H and O–H groups in total. The van der Waals surface area contributed by atoms with Gasteiger partial charge in [-0.15, -0.1) is 0 Å². The third kappa shape index (κ3) is 1.84. The molecule has 2 aromatic rings. The molecule has 82 valence electrons. The number of hydrogen-bond acceptors (Lipinski definition) is 3. The van der Waals surface area contributed by atoms with Gasteiger partial charge < -0.3 is 10.6 Å². The molecule has 2 rings (SSSR count). The van der Waals surface area contributed by atoms with Crippen LogP contribution >= 0.6 is 0 Å². The molecular weight excluding hydrogens is 198 g/mol. The lowest BCUT2D eigenvalue weighted by atomic mass is 10.2. The highest BCUT2D eigenvalue weighted by atomic mass is 15.2. The minimum Gasteiger partial charge on any atom is -0.396 e. The molecule has 1 aromatic carbocycles. The fraction of sp³-hybridized carbons (Fsp3) is 0.154. The molecule has 0 aliphatic rings. The van der Waals surface area contributed by atoms with Crippen LogP contribution in [0.1, 0.15) is 5.56 Å². The highest BCUT2D eigenvalue weighted by Crippen LogP contribution is 2.28. The molecule has 0 amide bonds. The van der Waals surface area contributed by atoms with E-state index < -0.39 is 0 Å². The molecule has 0 aliphatic carbocycles. The van der Waals surface area contributed by atoms with E-state index in [0.29, 0.717) is 5.69 Å². The maximum Gasteiger partial charge on any atom is 0.155 e. The van der Waals surface area contributed by atoms with Crippen molar-refractivity contribution < 1.29 is 0 Å². The SMILES string of the molecule is Cc1ccccc1N(C)c1ncccc1N. The first-order valence-electron chi connectivity index (χ1n) is 5.20. The van der Waals surface area contributed by atoms with Gasteiger partial charge in [0.1, 0.15) is 0 Å². The molecule has 16 heavy (non-hydrogen) atoms. The van der Waals surface area contributed by atoms with E-state index in [1.807, 2.05) is 36.2 Å². The number of nitrogen functional groups attached to an aromatic ring is 1. The molecule has 3 heteroatoms. The van der Waals surface area contributed by atoms with Gasteiger partial charge in [-0.25, -0.2) is 4.98 Å². The third-order valence-corrected chi connectivity index (χ3v) is 2.61. The Morgan fingerprint density at radius 1 is 1.12 bits per heavy atom.